The van der Waals surface area contributed by atoms with Crippen molar-refractivity contribution in [1.82, 2.24) is 9.97 Å². The van der Waals surface area contributed by atoms with Crippen molar-refractivity contribution in [3.8, 4) is 0 Å². The van der Waals surface area contributed by atoms with Crippen LogP contribution in [0.5, 0.6) is 0 Å². The highest BCUT2D eigenvalue weighted by Gasteiger charge is 2.33. The van der Waals surface area contributed by atoms with Crippen LogP contribution in [0.1, 0.15) is 42.0 Å². The molecule has 1 heterocycles. The SMILES string of the molecule is CC(F)(F)c1ccc(CN(c2ncnc(NCc3ccc(CS(C)(=O)=O)cc3)c2F)C2CC2)cc1. The Morgan fingerprint density at radius 1 is 1.00 bits per heavy atom. The van der Waals surface area contributed by atoms with Gasteiger partial charge in [-0.25, -0.2) is 27.2 Å². The normalized spacial score (nSPS) is 14.1. The van der Waals surface area contributed by atoms with Crippen LogP contribution in [0.25, 0.3) is 0 Å². The van der Waals surface area contributed by atoms with Crippen LogP contribution in [0.4, 0.5) is 24.8 Å². The topological polar surface area (TPSA) is 75.2 Å². The number of benzene rings is 2. The molecule has 4 rings (SSSR count). The molecular formula is C25H27F3N4O2S. The molecule has 0 amide bonds. The molecule has 0 spiro atoms. The number of aromatic nitrogens is 2. The highest BCUT2D eigenvalue weighted by molar-refractivity contribution is 7.89. The zero-order valence-corrected chi connectivity index (χ0v) is 20.3. The number of hydrogen-bond donors (Lipinski definition) is 1. The van der Waals surface area contributed by atoms with Crippen molar-refractivity contribution in [2.75, 3.05) is 16.5 Å². The molecule has 1 N–H and O–H groups in total. The lowest BCUT2D eigenvalue weighted by molar-refractivity contribution is 0.0174. The first kappa shape index (κ1) is 25.0. The van der Waals surface area contributed by atoms with E-state index in [1.807, 2.05) is 4.90 Å². The molecule has 1 saturated carbocycles. The molecule has 1 aliphatic carbocycles. The summed E-state index contributed by atoms with van der Waals surface area (Å²) in [5.74, 6) is -3.31. The van der Waals surface area contributed by atoms with Crippen molar-refractivity contribution in [3.63, 3.8) is 0 Å². The van der Waals surface area contributed by atoms with E-state index in [2.05, 4.69) is 15.3 Å². The van der Waals surface area contributed by atoms with Crippen LogP contribution >= 0.6 is 0 Å². The molecule has 0 unspecified atom stereocenters. The monoisotopic (exact) mass is 504 g/mol. The van der Waals surface area contributed by atoms with Crippen molar-refractivity contribution >= 4 is 21.5 Å². The summed E-state index contributed by atoms with van der Waals surface area (Å²) in [6.07, 6.45) is 4.28. The number of halogens is 3. The Morgan fingerprint density at radius 3 is 2.17 bits per heavy atom. The molecule has 10 heteroatoms. The third-order valence-corrected chi connectivity index (χ3v) is 6.61. The van der Waals surface area contributed by atoms with E-state index >= 15 is 4.39 Å². The van der Waals surface area contributed by atoms with Gasteiger partial charge in [0.15, 0.2) is 21.5 Å². The van der Waals surface area contributed by atoms with E-state index in [-0.39, 0.29) is 29.0 Å². The molecule has 1 aromatic heterocycles. The molecule has 3 aromatic rings. The lowest BCUT2D eigenvalue weighted by atomic mass is 10.1. The second kappa shape index (κ2) is 9.85. The quantitative estimate of drug-likeness (QED) is 0.416. The Morgan fingerprint density at radius 2 is 1.60 bits per heavy atom. The van der Waals surface area contributed by atoms with Gasteiger partial charge in [0.25, 0.3) is 5.92 Å². The lowest BCUT2D eigenvalue weighted by Crippen LogP contribution is -2.27. The fraction of sp³-hybridized carbons (Fsp3) is 0.360. The van der Waals surface area contributed by atoms with Crippen LogP contribution in [-0.2, 0) is 34.6 Å². The van der Waals surface area contributed by atoms with E-state index in [0.717, 1.165) is 30.9 Å². The number of anilines is 2. The molecular weight excluding hydrogens is 477 g/mol. The first-order chi connectivity index (χ1) is 16.5. The molecule has 35 heavy (non-hydrogen) atoms. The van der Waals surface area contributed by atoms with Crippen molar-refractivity contribution < 1.29 is 21.6 Å². The summed E-state index contributed by atoms with van der Waals surface area (Å²) >= 11 is 0. The maximum atomic E-state index is 15.4. The van der Waals surface area contributed by atoms with Crippen LogP contribution in [0.3, 0.4) is 0 Å². The average Bonchev–Trinajstić information content (AvgIpc) is 3.62. The number of alkyl halides is 2. The predicted molar refractivity (Wildman–Crippen MR) is 130 cm³/mol. The first-order valence-electron chi connectivity index (χ1n) is 11.2. The molecule has 0 bridgehead atoms. The predicted octanol–water partition coefficient (Wildman–Crippen LogP) is 5.05. The van der Waals surface area contributed by atoms with E-state index in [1.54, 1.807) is 36.4 Å². The van der Waals surface area contributed by atoms with Crippen molar-refractivity contribution in [2.45, 2.75) is 50.6 Å². The standard InChI is InChI=1S/C25H27F3N4O2S/c1-25(27,28)20-9-7-18(8-10-20)14-32(21-11-12-21)24-22(26)23(30-16-31-24)29-13-17-3-5-19(6-4-17)15-35(2,33)34/h3-10,16,21H,11-15H2,1-2H3,(H,29,30,31). The minimum Gasteiger partial charge on any atom is -0.363 e. The van der Waals surface area contributed by atoms with Gasteiger partial charge in [-0.05, 0) is 29.5 Å². The Hall–Kier alpha value is -3.14. The van der Waals surface area contributed by atoms with E-state index in [1.165, 1.54) is 24.7 Å². The summed E-state index contributed by atoms with van der Waals surface area (Å²) in [6.45, 7) is 1.49. The fourth-order valence-electron chi connectivity index (χ4n) is 3.79. The van der Waals surface area contributed by atoms with Crippen LogP contribution in [0.2, 0.25) is 0 Å². The number of sulfone groups is 1. The van der Waals surface area contributed by atoms with E-state index < -0.39 is 21.6 Å². The number of hydrogen-bond acceptors (Lipinski definition) is 6. The Kier molecular flexibility index (Phi) is 7.02. The Bertz CT molecular complexity index is 1270. The van der Waals surface area contributed by atoms with Gasteiger partial charge in [0, 0.05) is 37.9 Å². The zero-order chi connectivity index (χ0) is 25.2. The molecule has 0 aliphatic heterocycles. The largest absolute Gasteiger partial charge is 0.363 e. The summed E-state index contributed by atoms with van der Waals surface area (Å²) in [5.41, 5.74) is 2.24. The number of rotatable bonds is 10. The molecule has 1 aliphatic rings. The summed E-state index contributed by atoms with van der Waals surface area (Å²) in [4.78, 5) is 10.1. The van der Waals surface area contributed by atoms with Gasteiger partial charge in [-0.2, -0.15) is 4.39 Å². The van der Waals surface area contributed by atoms with E-state index in [9.17, 15) is 17.2 Å². The van der Waals surface area contributed by atoms with Gasteiger partial charge < -0.3 is 10.2 Å². The average molecular weight is 505 g/mol. The van der Waals surface area contributed by atoms with Gasteiger partial charge in [-0.3, -0.25) is 0 Å². The number of nitrogens with one attached hydrogen (secondary N) is 1. The van der Waals surface area contributed by atoms with Crippen LogP contribution in [0.15, 0.2) is 54.9 Å². The number of nitrogens with zero attached hydrogens (tertiary/aromatic N) is 3. The van der Waals surface area contributed by atoms with Crippen molar-refractivity contribution in [3.05, 3.63) is 82.9 Å². The summed E-state index contributed by atoms with van der Waals surface area (Å²) in [7, 11) is -3.12. The molecule has 6 nitrogen and oxygen atoms in total. The summed E-state index contributed by atoms with van der Waals surface area (Å²) in [6, 6.07) is 13.2. The van der Waals surface area contributed by atoms with Crippen LogP contribution in [-0.4, -0.2) is 30.7 Å². The molecule has 2 aromatic carbocycles. The maximum Gasteiger partial charge on any atom is 0.270 e. The first-order valence-corrected chi connectivity index (χ1v) is 13.3. The van der Waals surface area contributed by atoms with Crippen molar-refractivity contribution in [2.24, 2.45) is 0 Å². The van der Waals surface area contributed by atoms with E-state index in [0.29, 0.717) is 18.7 Å². The van der Waals surface area contributed by atoms with Gasteiger partial charge >= 0.3 is 0 Å². The molecule has 0 atom stereocenters. The summed E-state index contributed by atoms with van der Waals surface area (Å²) in [5, 5.41) is 2.99. The van der Waals surface area contributed by atoms with Gasteiger partial charge in [0.2, 0.25) is 5.82 Å². The third-order valence-electron chi connectivity index (χ3n) is 5.76. The molecule has 0 radical (unpaired) electrons. The minimum atomic E-state index is -3.12. The maximum absolute atomic E-state index is 15.4. The Labute approximate surface area is 203 Å². The van der Waals surface area contributed by atoms with Gasteiger partial charge in [0.1, 0.15) is 6.33 Å². The molecule has 1 fully saturated rings. The molecule has 0 saturated heterocycles. The smallest absolute Gasteiger partial charge is 0.270 e. The highest BCUT2D eigenvalue weighted by atomic mass is 32.2. The molecule has 186 valence electrons. The van der Waals surface area contributed by atoms with Gasteiger partial charge in [0.05, 0.1) is 5.75 Å². The van der Waals surface area contributed by atoms with Crippen molar-refractivity contribution in [1.29, 1.82) is 0 Å². The lowest BCUT2D eigenvalue weighted by Gasteiger charge is -2.25. The van der Waals surface area contributed by atoms with Gasteiger partial charge in [-0.1, -0.05) is 48.5 Å². The Balaban J connectivity index is 1.47. The van der Waals surface area contributed by atoms with Crippen LogP contribution in [0, 0.1) is 5.82 Å². The zero-order valence-electron chi connectivity index (χ0n) is 19.5. The second-order valence-corrected chi connectivity index (χ2v) is 11.2. The third kappa shape index (κ3) is 6.72. The van der Waals surface area contributed by atoms with Crippen LogP contribution < -0.4 is 10.2 Å². The van der Waals surface area contributed by atoms with Gasteiger partial charge in [-0.15, -0.1) is 0 Å². The summed E-state index contributed by atoms with van der Waals surface area (Å²) < 4.78 is 65.3. The second-order valence-electron chi connectivity index (χ2n) is 9.04. The minimum absolute atomic E-state index is 0.0365. The fourth-order valence-corrected chi connectivity index (χ4v) is 4.59. The highest BCUT2D eigenvalue weighted by Crippen LogP contribution is 2.35. The van der Waals surface area contributed by atoms with E-state index in [4.69, 9.17) is 0 Å².